The predicted octanol–water partition coefficient (Wildman–Crippen LogP) is 4.89. The molecule has 1 saturated heterocycles. The molecule has 1 nitrogen and oxygen atoms in total. The third-order valence-corrected chi connectivity index (χ3v) is 6.60. The Bertz CT molecular complexity index is 636. The van der Waals surface area contributed by atoms with E-state index in [1.807, 2.05) is 11.3 Å². The van der Waals surface area contributed by atoms with Gasteiger partial charge >= 0.3 is 0 Å². The van der Waals surface area contributed by atoms with Crippen LogP contribution in [-0.4, -0.2) is 17.5 Å². The fourth-order valence-corrected chi connectivity index (χ4v) is 5.44. The van der Waals surface area contributed by atoms with E-state index in [0.717, 1.165) is 18.5 Å². The number of fused-ring (bicyclic) bond motifs is 2. The number of piperidine rings is 1. The molecule has 2 aromatic rings. The Morgan fingerprint density at radius 1 is 1.05 bits per heavy atom. The van der Waals surface area contributed by atoms with E-state index in [1.165, 1.54) is 40.9 Å². The topological polar surface area (TPSA) is 3.24 Å². The third kappa shape index (κ3) is 2.96. The Morgan fingerprint density at radius 3 is 2.62 bits per heavy atom. The smallest absolute Gasteiger partial charge is 0.0701 e. The molecule has 3 heterocycles. The Balaban J connectivity index is 1.58. The molecule has 0 amide bonds. The third-order valence-electron chi connectivity index (χ3n) is 4.99. The van der Waals surface area contributed by atoms with Crippen molar-refractivity contribution in [3.8, 4) is 0 Å². The van der Waals surface area contributed by atoms with Gasteiger partial charge in [0.2, 0.25) is 0 Å². The summed E-state index contributed by atoms with van der Waals surface area (Å²) in [7, 11) is 0. The highest BCUT2D eigenvalue weighted by Crippen LogP contribution is 2.34. The molecule has 3 heteroatoms. The van der Waals surface area contributed by atoms with Gasteiger partial charge in [-0.15, -0.1) is 11.3 Å². The van der Waals surface area contributed by atoms with Crippen molar-refractivity contribution in [1.82, 2.24) is 4.90 Å². The minimum atomic E-state index is 0.726. The van der Waals surface area contributed by atoms with Gasteiger partial charge in [0.05, 0.1) is 3.79 Å². The molecule has 1 aromatic carbocycles. The highest BCUT2D eigenvalue weighted by Gasteiger charge is 2.31. The Labute approximate surface area is 139 Å². The maximum Gasteiger partial charge on any atom is 0.0701 e. The molecule has 1 aliphatic carbocycles. The summed E-state index contributed by atoms with van der Waals surface area (Å²) < 4.78 is 1.25. The fraction of sp³-hybridized carbons (Fsp3) is 0.444. The molecule has 110 valence electrons. The Morgan fingerprint density at radius 2 is 1.86 bits per heavy atom. The lowest BCUT2D eigenvalue weighted by atomic mass is 9.80. The van der Waals surface area contributed by atoms with Gasteiger partial charge < -0.3 is 0 Å². The van der Waals surface area contributed by atoms with Gasteiger partial charge in [-0.05, 0) is 70.8 Å². The van der Waals surface area contributed by atoms with E-state index in [2.05, 4.69) is 57.2 Å². The summed E-state index contributed by atoms with van der Waals surface area (Å²) in [6.07, 6.45) is 5.28. The van der Waals surface area contributed by atoms with Gasteiger partial charge in [0.15, 0.2) is 0 Å². The van der Waals surface area contributed by atoms with Crippen LogP contribution in [0, 0.1) is 5.92 Å². The van der Waals surface area contributed by atoms with Crippen LogP contribution in [0.15, 0.2) is 40.2 Å². The van der Waals surface area contributed by atoms with Crippen LogP contribution in [0.1, 0.15) is 28.8 Å². The molecule has 3 aliphatic rings. The van der Waals surface area contributed by atoms with Crippen molar-refractivity contribution in [1.29, 1.82) is 0 Å². The molecule has 0 saturated carbocycles. The number of hydrogen-bond acceptors (Lipinski definition) is 2. The molecule has 5 rings (SSSR count). The maximum absolute atomic E-state index is 3.59. The van der Waals surface area contributed by atoms with Gasteiger partial charge in [0.25, 0.3) is 0 Å². The zero-order valence-electron chi connectivity index (χ0n) is 12.1. The van der Waals surface area contributed by atoms with Crippen molar-refractivity contribution >= 4 is 27.3 Å². The van der Waals surface area contributed by atoms with Crippen LogP contribution in [0.2, 0.25) is 0 Å². The summed E-state index contributed by atoms with van der Waals surface area (Å²) in [6.45, 7) is 2.40. The van der Waals surface area contributed by atoms with E-state index in [1.54, 1.807) is 11.1 Å². The van der Waals surface area contributed by atoms with Crippen molar-refractivity contribution in [2.75, 3.05) is 6.54 Å². The number of benzene rings is 1. The first-order valence-corrected chi connectivity index (χ1v) is 9.44. The predicted molar refractivity (Wildman–Crippen MR) is 92.8 cm³/mol. The van der Waals surface area contributed by atoms with Gasteiger partial charge in [-0.25, -0.2) is 0 Å². The monoisotopic (exact) mass is 361 g/mol. The maximum atomic E-state index is 3.59. The second-order valence-electron chi connectivity index (χ2n) is 6.41. The van der Waals surface area contributed by atoms with E-state index >= 15 is 0 Å². The van der Waals surface area contributed by atoms with Crippen molar-refractivity contribution < 1.29 is 0 Å². The number of nitrogens with zero attached hydrogens (tertiary/aromatic N) is 1. The zero-order chi connectivity index (χ0) is 14.2. The molecule has 2 aliphatic heterocycles. The van der Waals surface area contributed by atoms with Crippen LogP contribution in [0.25, 0.3) is 0 Å². The molecule has 1 fully saturated rings. The van der Waals surface area contributed by atoms with Crippen molar-refractivity contribution in [3.63, 3.8) is 0 Å². The average Bonchev–Trinajstić information content (AvgIpc) is 2.85. The lowest BCUT2D eigenvalue weighted by Gasteiger charge is -2.42. The quantitative estimate of drug-likeness (QED) is 0.735. The second-order valence-corrected chi connectivity index (χ2v) is 8.96. The number of rotatable bonds is 2. The largest absolute Gasteiger partial charge is 0.295 e. The first-order valence-electron chi connectivity index (χ1n) is 7.83. The lowest BCUT2D eigenvalue weighted by molar-refractivity contribution is 0.0948. The molecule has 1 aromatic heterocycles. The summed E-state index contributed by atoms with van der Waals surface area (Å²) >= 11 is 5.47. The Hall–Kier alpha value is -0.640. The standard InChI is InChI=1S/C18H20BrNS/c19-18-8-7-17(21-18)12-20-11-13-5-6-16(20)10-15-4-2-1-3-14(15)9-13/h1-4,7-8,13,16H,5-6,9-12H2/t13-,16-/m1/s1. The molecule has 0 unspecified atom stereocenters. The molecule has 0 radical (unpaired) electrons. The molecule has 0 N–H and O–H groups in total. The van der Waals surface area contributed by atoms with Crippen molar-refractivity contribution in [2.45, 2.75) is 38.3 Å². The minimum Gasteiger partial charge on any atom is -0.295 e. The van der Waals surface area contributed by atoms with Gasteiger partial charge in [-0.3, -0.25) is 4.90 Å². The Kier molecular flexibility index (Phi) is 3.91. The van der Waals surface area contributed by atoms with Crippen LogP contribution in [0.3, 0.4) is 0 Å². The first-order chi connectivity index (χ1) is 10.3. The van der Waals surface area contributed by atoms with Crippen LogP contribution >= 0.6 is 27.3 Å². The van der Waals surface area contributed by atoms with Gasteiger partial charge in [0, 0.05) is 24.0 Å². The normalized spacial score (nSPS) is 25.4. The number of halogens is 1. The lowest BCUT2D eigenvalue weighted by Crippen LogP contribution is -2.45. The van der Waals surface area contributed by atoms with E-state index in [4.69, 9.17) is 0 Å². The summed E-state index contributed by atoms with van der Waals surface area (Å²) in [5.74, 6) is 0.839. The van der Waals surface area contributed by atoms with Crippen LogP contribution in [0.4, 0.5) is 0 Å². The van der Waals surface area contributed by atoms with Gasteiger partial charge in [0.1, 0.15) is 0 Å². The second kappa shape index (κ2) is 5.86. The van der Waals surface area contributed by atoms with E-state index in [9.17, 15) is 0 Å². The van der Waals surface area contributed by atoms with Gasteiger partial charge in [-0.2, -0.15) is 0 Å². The minimum absolute atomic E-state index is 0.726. The zero-order valence-corrected chi connectivity index (χ0v) is 14.5. The molecule has 2 bridgehead atoms. The van der Waals surface area contributed by atoms with E-state index < -0.39 is 0 Å². The molecular weight excluding hydrogens is 342 g/mol. The molecule has 21 heavy (non-hydrogen) atoms. The number of hydrogen-bond donors (Lipinski definition) is 0. The fourth-order valence-electron chi connectivity index (χ4n) is 3.93. The summed E-state index contributed by atoms with van der Waals surface area (Å²) in [4.78, 5) is 4.23. The van der Waals surface area contributed by atoms with Gasteiger partial charge in [-0.1, -0.05) is 24.3 Å². The van der Waals surface area contributed by atoms with Crippen molar-refractivity contribution in [2.24, 2.45) is 5.92 Å². The first kappa shape index (κ1) is 14.0. The van der Waals surface area contributed by atoms with E-state index in [-0.39, 0.29) is 0 Å². The van der Waals surface area contributed by atoms with Crippen LogP contribution in [0.5, 0.6) is 0 Å². The number of thiophene rings is 1. The van der Waals surface area contributed by atoms with Crippen LogP contribution < -0.4 is 0 Å². The highest BCUT2D eigenvalue weighted by molar-refractivity contribution is 9.11. The average molecular weight is 362 g/mol. The van der Waals surface area contributed by atoms with Crippen molar-refractivity contribution in [3.05, 3.63) is 56.2 Å². The van der Waals surface area contributed by atoms with Crippen LogP contribution in [-0.2, 0) is 19.4 Å². The summed E-state index contributed by atoms with van der Waals surface area (Å²) in [6, 6.07) is 14.3. The SMILES string of the molecule is Brc1ccc(CN2C[C@@H]3CC[C@@H]2Cc2ccccc2C3)s1. The summed E-state index contributed by atoms with van der Waals surface area (Å²) in [5.41, 5.74) is 3.19. The summed E-state index contributed by atoms with van der Waals surface area (Å²) in [5, 5.41) is 0. The molecule has 2 atom stereocenters. The highest BCUT2D eigenvalue weighted by atomic mass is 79.9. The molecule has 0 spiro atoms. The molecular formula is C18H20BrNS. The van der Waals surface area contributed by atoms with E-state index in [0.29, 0.717) is 0 Å².